The molecule has 0 saturated heterocycles. The molecule has 1 aliphatic carbocycles. The minimum Gasteiger partial charge on any atom is -0.502 e. The first-order valence-electron chi connectivity index (χ1n) is 6.96. The molecule has 1 amide bonds. The number of nitrogens with two attached hydrogens (primary N) is 1. The summed E-state index contributed by atoms with van der Waals surface area (Å²) in [5.41, 5.74) is 5.54. The van der Waals surface area contributed by atoms with Gasteiger partial charge in [-0.1, -0.05) is 32.3 Å². The van der Waals surface area contributed by atoms with Crippen molar-refractivity contribution in [2.75, 3.05) is 19.7 Å². The molecule has 0 bridgehead atoms. The highest BCUT2D eigenvalue weighted by Crippen LogP contribution is 2.34. The van der Waals surface area contributed by atoms with Crippen molar-refractivity contribution >= 4 is 5.91 Å². The minimum atomic E-state index is -0.324. The van der Waals surface area contributed by atoms with Gasteiger partial charge in [-0.15, -0.1) is 0 Å². The molecule has 0 aromatic carbocycles. The molecule has 0 aliphatic heterocycles. The normalized spacial score (nSPS) is 18.7. The lowest BCUT2D eigenvalue weighted by molar-refractivity contribution is -0.131. The van der Waals surface area contributed by atoms with E-state index in [9.17, 15) is 4.79 Å². The maximum Gasteiger partial charge on any atom is 0.227 e. The largest absolute Gasteiger partial charge is 0.502 e. The van der Waals surface area contributed by atoms with Crippen LogP contribution < -0.4 is 11.1 Å². The Labute approximate surface area is 110 Å². The van der Waals surface area contributed by atoms with Crippen LogP contribution in [0.15, 0.2) is 12.8 Å². The van der Waals surface area contributed by atoms with Crippen LogP contribution >= 0.6 is 0 Å². The van der Waals surface area contributed by atoms with E-state index < -0.39 is 0 Å². The molecule has 0 radical (unpaired) electrons. The zero-order valence-electron chi connectivity index (χ0n) is 11.2. The van der Waals surface area contributed by atoms with Crippen LogP contribution in [0.3, 0.4) is 0 Å². The Morgan fingerprint density at radius 1 is 1.33 bits per heavy atom. The predicted molar refractivity (Wildman–Crippen MR) is 73.0 cm³/mol. The van der Waals surface area contributed by atoms with Crippen LogP contribution in [0.2, 0.25) is 0 Å². The van der Waals surface area contributed by atoms with Gasteiger partial charge in [0.2, 0.25) is 5.91 Å². The molecule has 0 unspecified atom stereocenters. The third kappa shape index (κ3) is 4.33. The number of amides is 1. The third-order valence-corrected chi connectivity index (χ3v) is 3.78. The molecular formula is C14H26N2O2. The minimum absolute atomic E-state index is 0.130. The Morgan fingerprint density at radius 3 is 2.56 bits per heavy atom. The van der Waals surface area contributed by atoms with E-state index in [1.807, 2.05) is 0 Å². The summed E-state index contributed by atoms with van der Waals surface area (Å²) in [6.45, 7) is 5.18. The molecule has 3 N–H and O–H groups in total. The Balaban J connectivity index is 2.38. The molecule has 1 aliphatic rings. The summed E-state index contributed by atoms with van der Waals surface area (Å²) < 4.78 is 5.02. The highest BCUT2D eigenvalue weighted by Gasteiger charge is 2.36. The zero-order valence-corrected chi connectivity index (χ0v) is 11.2. The summed E-state index contributed by atoms with van der Waals surface area (Å²) in [5.74, 6) is 0.130. The van der Waals surface area contributed by atoms with E-state index in [0.29, 0.717) is 19.7 Å². The van der Waals surface area contributed by atoms with Gasteiger partial charge in [0.25, 0.3) is 0 Å². The van der Waals surface area contributed by atoms with E-state index in [2.05, 4.69) is 11.9 Å². The van der Waals surface area contributed by atoms with E-state index in [-0.39, 0.29) is 11.3 Å². The van der Waals surface area contributed by atoms with Crippen molar-refractivity contribution in [3.63, 3.8) is 0 Å². The van der Waals surface area contributed by atoms with Crippen molar-refractivity contribution in [3.05, 3.63) is 12.8 Å². The molecule has 18 heavy (non-hydrogen) atoms. The molecule has 4 nitrogen and oxygen atoms in total. The predicted octanol–water partition coefficient (Wildman–Crippen LogP) is 1.95. The molecule has 104 valence electrons. The van der Waals surface area contributed by atoms with Crippen LogP contribution in [0.1, 0.15) is 44.9 Å². The van der Waals surface area contributed by atoms with Gasteiger partial charge >= 0.3 is 0 Å². The SMILES string of the molecule is C=COCCCNC(=O)C1(CN)CCCCCC1. The summed E-state index contributed by atoms with van der Waals surface area (Å²) in [5, 5.41) is 3.00. The van der Waals surface area contributed by atoms with Gasteiger partial charge in [-0.3, -0.25) is 4.79 Å². The molecule has 0 aromatic heterocycles. The van der Waals surface area contributed by atoms with Crippen LogP contribution in [0.5, 0.6) is 0 Å². The first-order valence-corrected chi connectivity index (χ1v) is 6.96. The molecule has 0 atom stereocenters. The van der Waals surface area contributed by atoms with Gasteiger partial charge in [0.05, 0.1) is 18.3 Å². The van der Waals surface area contributed by atoms with Crippen molar-refractivity contribution < 1.29 is 9.53 Å². The first-order chi connectivity index (χ1) is 8.75. The topological polar surface area (TPSA) is 64.3 Å². The fraction of sp³-hybridized carbons (Fsp3) is 0.786. The average Bonchev–Trinajstić information content (AvgIpc) is 2.64. The molecule has 1 saturated carbocycles. The van der Waals surface area contributed by atoms with Crippen LogP contribution in [0.25, 0.3) is 0 Å². The maximum absolute atomic E-state index is 12.3. The first kappa shape index (κ1) is 15.0. The van der Waals surface area contributed by atoms with Crippen molar-refractivity contribution in [1.82, 2.24) is 5.32 Å². The number of carbonyl (C=O) groups excluding carboxylic acids is 1. The van der Waals surface area contributed by atoms with Gasteiger partial charge < -0.3 is 15.8 Å². The van der Waals surface area contributed by atoms with E-state index in [1.54, 1.807) is 0 Å². The molecular weight excluding hydrogens is 228 g/mol. The standard InChI is InChI=1S/C14H26N2O2/c1-2-18-11-7-10-16-13(17)14(12-15)8-5-3-4-6-9-14/h2H,1,3-12,15H2,(H,16,17). The summed E-state index contributed by atoms with van der Waals surface area (Å²) in [6, 6.07) is 0. The van der Waals surface area contributed by atoms with Gasteiger partial charge in [-0.2, -0.15) is 0 Å². The summed E-state index contributed by atoms with van der Waals surface area (Å²) in [4.78, 5) is 12.3. The highest BCUT2D eigenvalue weighted by molar-refractivity contribution is 5.82. The number of carbonyl (C=O) groups is 1. The molecule has 0 heterocycles. The van der Waals surface area contributed by atoms with Crippen molar-refractivity contribution in [2.24, 2.45) is 11.1 Å². The molecule has 0 aromatic rings. The third-order valence-electron chi connectivity index (χ3n) is 3.78. The number of hydrogen-bond donors (Lipinski definition) is 2. The van der Waals surface area contributed by atoms with Crippen LogP contribution in [-0.4, -0.2) is 25.6 Å². The smallest absolute Gasteiger partial charge is 0.227 e. The second kappa shape index (κ2) is 8.14. The summed E-state index contributed by atoms with van der Waals surface area (Å²) >= 11 is 0. The fourth-order valence-electron chi connectivity index (χ4n) is 2.56. The Hall–Kier alpha value is -1.03. The quantitative estimate of drug-likeness (QED) is 0.414. The Bertz CT molecular complexity index is 259. The molecule has 1 fully saturated rings. The molecule has 1 rings (SSSR count). The fourth-order valence-corrected chi connectivity index (χ4v) is 2.56. The van der Waals surface area contributed by atoms with Gasteiger partial charge in [0.15, 0.2) is 0 Å². The molecule has 0 spiro atoms. The zero-order chi connectivity index (χ0) is 13.3. The lowest BCUT2D eigenvalue weighted by Crippen LogP contribution is -2.46. The van der Waals surface area contributed by atoms with Gasteiger partial charge in [0, 0.05) is 13.1 Å². The number of rotatable bonds is 7. The second-order valence-electron chi connectivity index (χ2n) is 5.05. The maximum atomic E-state index is 12.3. The van der Waals surface area contributed by atoms with Crippen molar-refractivity contribution in [2.45, 2.75) is 44.9 Å². The highest BCUT2D eigenvalue weighted by atomic mass is 16.5. The number of ether oxygens (including phenoxy) is 1. The lowest BCUT2D eigenvalue weighted by Gasteiger charge is -2.29. The van der Waals surface area contributed by atoms with Crippen LogP contribution in [-0.2, 0) is 9.53 Å². The van der Waals surface area contributed by atoms with Crippen molar-refractivity contribution in [1.29, 1.82) is 0 Å². The number of nitrogens with one attached hydrogen (secondary N) is 1. The Kier molecular flexibility index (Phi) is 6.80. The van der Waals surface area contributed by atoms with Crippen LogP contribution in [0.4, 0.5) is 0 Å². The average molecular weight is 254 g/mol. The van der Waals surface area contributed by atoms with Gasteiger partial charge in [-0.05, 0) is 19.3 Å². The van der Waals surface area contributed by atoms with Crippen LogP contribution in [0, 0.1) is 5.41 Å². The number of hydrogen-bond acceptors (Lipinski definition) is 3. The van der Waals surface area contributed by atoms with E-state index >= 15 is 0 Å². The van der Waals surface area contributed by atoms with Gasteiger partial charge in [0.1, 0.15) is 0 Å². The van der Waals surface area contributed by atoms with E-state index in [0.717, 1.165) is 32.1 Å². The summed E-state index contributed by atoms with van der Waals surface area (Å²) in [6.07, 6.45) is 8.77. The van der Waals surface area contributed by atoms with Gasteiger partial charge in [-0.25, -0.2) is 0 Å². The lowest BCUT2D eigenvalue weighted by atomic mass is 9.79. The summed E-state index contributed by atoms with van der Waals surface area (Å²) in [7, 11) is 0. The monoisotopic (exact) mass is 254 g/mol. The Morgan fingerprint density at radius 2 is 2.00 bits per heavy atom. The second-order valence-corrected chi connectivity index (χ2v) is 5.05. The van der Waals surface area contributed by atoms with Crippen molar-refractivity contribution in [3.8, 4) is 0 Å². The van der Waals surface area contributed by atoms with E-state index in [1.165, 1.54) is 19.1 Å². The van der Waals surface area contributed by atoms with E-state index in [4.69, 9.17) is 10.5 Å². The molecule has 4 heteroatoms.